The van der Waals surface area contributed by atoms with E-state index in [1.54, 1.807) is 36.7 Å². The highest BCUT2D eigenvalue weighted by Gasteiger charge is 2.04. The molecular formula is C11H6ClN3S. The Morgan fingerprint density at radius 2 is 2.12 bits per heavy atom. The van der Waals surface area contributed by atoms with E-state index in [1.165, 1.54) is 11.8 Å². The second-order valence-corrected chi connectivity index (χ2v) is 4.30. The number of nitriles is 1. The van der Waals surface area contributed by atoms with Crippen molar-refractivity contribution in [2.45, 2.75) is 10.1 Å². The predicted molar refractivity (Wildman–Crippen MR) is 62.3 cm³/mol. The first-order valence-corrected chi connectivity index (χ1v) is 5.63. The van der Waals surface area contributed by atoms with E-state index in [0.717, 1.165) is 0 Å². The van der Waals surface area contributed by atoms with Crippen LogP contribution in [0.4, 0.5) is 0 Å². The van der Waals surface area contributed by atoms with E-state index in [1.807, 2.05) is 0 Å². The van der Waals surface area contributed by atoms with Crippen molar-refractivity contribution in [3.63, 3.8) is 0 Å². The average molecular weight is 248 g/mol. The van der Waals surface area contributed by atoms with Crippen LogP contribution in [-0.2, 0) is 0 Å². The molecular weight excluding hydrogens is 242 g/mol. The highest BCUT2D eigenvalue weighted by Crippen LogP contribution is 2.29. The van der Waals surface area contributed by atoms with Crippen LogP contribution >= 0.6 is 23.4 Å². The normalized spacial score (nSPS) is 9.75. The third kappa shape index (κ3) is 2.51. The van der Waals surface area contributed by atoms with Crippen molar-refractivity contribution in [3.8, 4) is 6.07 Å². The monoisotopic (exact) mass is 247 g/mol. The summed E-state index contributed by atoms with van der Waals surface area (Å²) in [7, 11) is 0. The van der Waals surface area contributed by atoms with Crippen LogP contribution in [0, 0.1) is 11.3 Å². The van der Waals surface area contributed by atoms with Gasteiger partial charge in [0.05, 0.1) is 16.7 Å². The molecule has 0 aliphatic rings. The first-order chi connectivity index (χ1) is 7.79. The van der Waals surface area contributed by atoms with E-state index in [2.05, 4.69) is 16.0 Å². The van der Waals surface area contributed by atoms with E-state index < -0.39 is 0 Å². The zero-order chi connectivity index (χ0) is 11.4. The molecule has 2 heterocycles. The Labute approximate surface area is 102 Å². The van der Waals surface area contributed by atoms with Crippen LogP contribution in [-0.4, -0.2) is 9.97 Å². The lowest BCUT2D eigenvalue weighted by Crippen LogP contribution is -1.84. The Bertz CT molecular complexity index is 551. The van der Waals surface area contributed by atoms with Crippen LogP contribution in [0.1, 0.15) is 5.56 Å². The van der Waals surface area contributed by atoms with Gasteiger partial charge in [0.2, 0.25) is 0 Å². The number of hydrogen-bond donors (Lipinski definition) is 0. The van der Waals surface area contributed by atoms with Crippen LogP contribution in [0.25, 0.3) is 0 Å². The predicted octanol–water partition coefficient (Wildman–Crippen LogP) is 3.15. The Balaban J connectivity index is 2.28. The van der Waals surface area contributed by atoms with E-state index in [4.69, 9.17) is 16.9 Å². The summed E-state index contributed by atoms with van der Waals surface area (Å²) < 4.78 is 0. The van der Waals surface area contributed by atoms with Crippen LogP contribution in [0.3, 0.4) is 0 Å². The lowest BCUT2D eigenvalue weighted by Gasteiger charge is -2.01. The zero-order valence-electron chi connectivity index (χ0n) is 8.09. The topological polar surface area (TPSA) is 49.6 Å². The van der Waals surface area contributed by atoms with Crippen LogP contribution in [0.2, 0.25) is 5.02 Å². The molecule has 0 aromatic carbocycles. The minimum Gasteiger partial charge on any atom is -0.249 e. The molecule has 0 spiro atoms. The first-order valence-electron chi connectivity index (χ1n) is 4.44. The molecule has 0 atom stereocenters. The molecule has 2 rings (SSSR count). The molecule has 5 heteroatoms. The molecule has 2 aromatic heterocycles. The van der Waals surface area contributed by atoms with E-state index in [0.29, 0.717) is 20.6 Å². The minimum absolute atomic E-state index is 0.574. The summed E-state index contributed by atoms with van der Waals surface area (Å²) in [5, 5.41) is 10.7. The van der Waals surface area contributed by atoms with Gasteiger partial charge in [0, 0.05) is 12.4 Å². The summed E-state index contributed by atoms with van der Waals surface area (Å²) >= 11 is 7.31. The molecule has 0 aliphatic carbocycles. The van der Waals surface area contributed by atoms with E-state index in [9.17, 15) is 0 Å². The lowest BCUT2D eigenvalue weighted by molar-refractivity contribution is 1.09. The molecule has 0 N–H and O–H groups in total. The number of nitrogens with zero attached hydrogens (tertiary/aromatic N) is 3. The van der Waals surface area contributed by atoms with Crippen LogP contribution in [0.5, 0.6) is 0 Å². The number of hydrogen-bond acceptors (Lipinski definition) is 4. The second kappa shape index (κ2) is 4.97. The Hall–Kier alpha value is -1.57. The minimum atomic E-state index is 0.574. The van der Waals surface area contributed by atoms with Crippen molar-refractivity contribution in [3.05, 3.63) is 47.2 Å². The maximum atomic E-state index is 8.75. The molecule has 0 aliphatic heterocycles. The number of pyridine rings is 2. The summed E-state index contributed by atoms with van der Waals surface area (Å²) in [5.41, 5.74) is 0.574. The second-order valence-electron chi connectivity index (χ2n) is 2.89. The van der Waals surface area contributed by atoms with Crippen molar-refractivity contribution in [2.75, 3.05) is 0 Å². The van der Waals surface area contributed by atoms with Gasteiger partial charge in [0.1, 0.15) is 10.1 Å². The van der Waals surface area contributed by atoms with Crippen LogP contribution in [0.15, 0.2) is 46.7 Å². The molecule has 0 saturated carbocycles. The van der Waals surface area contributed by atoms with Gasteiger partial charge in [-0.3, -0.25) is 0 Å². The van der Waals surface area contributed by atoms with E-state index >= 15 is 0 Å². The summed E-state index contributed by atoms with van der Waals surface area (Å²) in [4.78, 5) is 8.27. The quantitative estimate of drug-likeness (QED) is 0.818. The van der Waals surface area contributed by atoms with Gasteiger partial charge in [-0.15, -0.1) is 0 Å². The molecule has 0 fully saturated rings. The van der Waals surface area contributed by atoms with Gasteiger partial charge in [-0.1, -0.05) is 11.6 Å². The summed E-state index contributed by atoms with van der Waals surface area (Å²) in [5.74, 6) is 0. The maximum absolute atomic E-state index is 8.75. The van der Waals surface area contributed by atoms with Crippen molar-refractivity contribution in [1.29, 1.82) is 5.26 Å². The first kappa shape index (κ1) is 10.9. The van der Waals surface area contributed by atoms with Gasteiger partial charge in [-0.05, 0) is 36.0 Å². The maximum Gasteiger partial charge on any atom is 0.121 e. The number of rotatable bonds is 2. The van der Waals surface area contributed by atoms with Crippen LogP contribution < -0.4 is 0 Å². The molecule has 0 bridgehead atoms. The van der Waals surface area contributed by atoms with Gasteiger partial charge >= 0.3 is 0 Å². The Kier molecular flexibility index (Phi) is 3.40. The number of aromatic nitrogens is 2. The standard InChI is InChI=1S/C11H6ClN3S/c12-9-2-1-4-15-11(9)16-10-6-8(7-13)3-5-14-10/h1-6H. The third-order valence-corrected chi connectivity index (χ3v) is 3.16. The molecule has 78 valence electrons. The highest BCUT2D eigenvalue weighted by molar-refractivity contribution is 7.99. The molecule has 2 aromatic rings. The molecule has 0 saturated heterocycles. The molecule has 3 nitrogen and oxygen atoms in total. The number of halogens is 1. The summed E-state index contributed by atoms with van der Waals surface area (Å²) in [6, 6.07) is 8.96. The smallest absolute Gasteiger partial charge is 0.121 e. The molecule has 0 radical (unpaired) electrons. The largest absolute Gasteiger partial charge is 0.249 e. The van der Waals surface area contributed by atoms with Crippen molar-refractivity contribution in [1.82, 2.24) is 9.97 Å². The Morgan fingerprint density at radius 1 is 1.25 bits per heavy atom. The fourth-order valence-electron chi connectivity index (χ4n) is 1.08. The van der Waals surface area contributed by atoms with Gasteiger partial charge in [-0.2, -0.15) is 5.26 Å². The molecule has 0 amide bonds. The van der Waals surface area contributed by atoms with Gasteiger partial charge < -0.3 is 0 Å². The fourth-order valence-corrected chi connectivity index (χ4v) is 2.09. The van der Waals surface area contributed by atoms with Gasteiger partial charge in [-0.25, -0.2) is 9.97 Å². The highest BCUT2D eigenvalue weighted by atomic mass is 35.5. The Morgan fingerprint density at radius 3 is 2.88 bits per heavy atom. The van der Waals surface area contributed by atoms with Crippen molar-refractivity contribution >= 4 is 23.4 Å². The lowest BCUT2D eigenvalue weighted by atomic mass is 10.3. The van der Waals surface area contributed by atoms with Gasteiger partial charge in [0.25, 0.3) is 0 Å². The SMILES string of the molecule is N#Cc1ccnc(Sc2ncccc2Cl)c1. The summed E-state index contributed by atoms with van der Waals surface area (Å²) in [6.07, 6.45) is 3.26. The zero-order valence-corrected chi connectivity index (χ0v) is 9.66. The fraction of sp³-hybridized carbons (Fsp3) is 0. The third-order valence-electron chi connectivity index (χ3n) is 1.79. The molecule has 16 heavy (non-hydrogen) atoms. The summed E-state index contributed by atoms with van der Waals surface area (Å²) in [6.45, 7) is 0. The van der Waals surface area contributed by atoms with E-state index in [-0.39, 0.29) is 0 Å². The van der Waals surface area contributed by atoms with Crippen molar-refractivity contribution in [2.24, 2.45) is 0 Å². The molecule has 0 unspecified atom stereocenters. The van der Waals surface area contributed by atoms with Crippen molar-refractivity contribution < 1.29 is 0 Å². The van der Waals surface area contributed by atoms with Gasteiger partial charge in [0.15, 0.2) is 0 Å². The average Bonchev–Trinajstić information content (AvgIpc) is 2.32.